The summed E-state index contributed by atoms with van der Waals surface area (Å²) in [7, 11) is 0. The van der Waals surface area contributed by atoms with Crippen LogP contribution in [-0.2, 0) is 9.53 Å². The molecule has 27 heavy (non-hydrogen) atoms. The van der Waals surface area contributed by atoms with Crippen LogP contribution in [0.4, 0.5) is 0 Å². The van der Waals surface area contributed by atoms with Crippen molar-refractivity contribution in [1.29, 1.82) is 0 Å². The van der Waals surface area contributed by atoms with Gasteiger partial charge in [-0.2, -0.15) is 0 Å². The molecule has 0 saturated carbocycles. The first-order valence-corrected chi connectivity index (χ1v) is 9.36. The van der Waals surface area contributed by atoms with E-state index in [1.807, 2.05) is 30.3 Å². The highest BCUT2D eigenvalue weighted by molar-refractivity contribution is 6.01. The summed E-state index contributed by atoms with van der Waals surface area (Å²) in [5.41, 5.74) is 1.92. The number of amides is 2. The van der Waals surface area contributed by atoms with E-state index in [1.165, 1.54) is 0 Å². The number of carbonyl (C=O) groups is 2. The van der Waals surface area contributed by atoms with Crippen molar-refractivity contribution in [2.45, 2.75) is 25.9 Å². The lowest BCUT2D eigenvalue weighted by molar-refractivity contribution is -0.142. The van der Waals surface area contributed by atoms with Crippen molar-refractivity contribution in [3.05, 3.63) is 41.7 Å². The van der Waals surface area contributed by atoms with Crippen LogP contribution in [0.5, 0.6) is 0 Å². The number of ether oxygens (including phenoxy) is 1. The average molecular weight is 369 g/mol. The van der Waals surface area contributed by atoms with Gasteiger partial charge in [0.2, 0.25) is 0 Å². The van der Waals surface area contributed by atoms with Gasteiger partial charge in [-0.3, -0.25) is 9.59 Å². The van der Waals surface area contributed by atoms with Crippen molar-refractivity contribution >= 4 is 11.8 Å². The van der Waals surface area contributed by atoms with Crippen LogP contribution in [0.2, 0.25) is 0 Å². The Morgan fingerprint density at radius 3 is 2.44 bits per heavy atom. The number of aryl methyl sites for hydroxylation is 1. The van der Waals surface area contributed by atoms with E-state index in [0.717, 1.165) is 18.4 Å². The summed E-state index contributed by atoms with van der Waals surface area (Å²) < 4.78 is 10.8. The molecule has 7 heteroatoms. The Balaban J connectivity index is 1.46. The number of rotatable bonds is 3. The highest BCUT2D eigenvalue weighted by Crippen LogP contribution is 2.27. The molecule has 2 aromatic rings. The summed E-state index contributed by atoms with van der Waals surface area (Å²) in [5.74, 6) is 0.458. The molecule has 0 spiro atoms. The second-order valence-corrected chi connectivity index (χ2v) is 6.95. The highest BCUT2D eigenvalue weighted by Gasteiger charge is 2.33. The van der Waals surface area contributed by atoms with Gasteiger partial charge >= 0.3 is 0 Å². The van der Waals surface area contributed by atoms with Crippen LogP contribution >= 0.6 is 0 Å². The van der Waals surface area contributed by atoms with Crippen LogP contribution < -0.4 is 0 Å². The Labute approximate surface area is 157 Å². The maximum atomic E-state index is 13.1. The lowest BCUT2D eigenvalue weighted by Crippen LogP contribution is -2.52. The Morgan fingerprint density at radius 1 is 1.07 bits per heavy atom. The zero-order chi connectivity index (χ0) is 18.8. The van der Waals surface area contributed by atoms with E-state index >= 15 is 0 Å². The Kier molecular flexibility index (Phi) is 4.94. The average Bonchev–Trinajstić information content (AvgIpc) is 3.38. The summed E-state index contributed by atoms with van der Waals surface area (Å²) in [4.78, 5) is 29.2. The summed E-state index contributed by atoms with van der Waals surface area (Å²) >= 11 is 0. The van der Waals surface area contributed by atoms with Gasteiger partial charge in [0.15, 0.2) is 0 Å². The predicted octanol–water partition coefficient (Wildman–Crippen LogP) is 2.11. The Bertz CT molecular complexity index is 819. The molecule has 0 unspecified atom stereocenters. The van der Waals surface area contributed by atoms with E-state index in [0.29, 0.717) is 49.8 Å². The minimum absolute atomic E-state index is 0.0470. The molecular formula is C20H23N3O4. The molecule has 2 fully saturated rings. The smallest absolute Gasteiger partial charge is 0.259 e. The maximum absolute atomic E-state index is 13.1. The van der Waals surface area contributed by atoms with Crippen molar-refractivity contribution in [2.75, 3.05) is 32.8 Å². The number of nitrogens with zero attached hydrogens (tertiary/aromatic N) is 3. The molecule has 1 aromatic heterocycles. The van der Waals surface area contributed by atoms with Gasteiger partial charge in [-0.05, 0) is 19.8 Å². The summed E-state index contributed by atoms with van der Waals surface area (Å²) in [5, 5.41) is 4.09. The lowest BCUT2D eigenvalue weighted by atomic mass is 10.0. The molecule has 0 aliphatic carbocycles. The second kappa shape index (κ2) is 7.52. The zero-order valence-corrected chi connectivity index (χ0v) is 15.4. The van der Waals surface area contributed by atoms with Crippen LogP contribution in [-0.4, -0.2) is 65.7 Å². The largest absolute Gasteiger partial charge is 0.368 e. The second-order valence-electron chi connectivity index (χ2n) is 6.95. The number of piperazine rings is 1. The van der Waals surface area contributed by atoms with Crippen LogP contribution in [0, 0.1) is 6.92 Å². The van der Waals surface area contributed by atoms with Gasteiger partial charge in [-0.25, -0.2) is 0 Å². The molecule has 1 aromatic carbocycles. The molecule has 142 valence electrons. The fourth-order valence-corrected chi connectivity index (χ4v) is 3.68. The molecule has 4 rings (SSSR count). The standard InChI is InChI=1S/C20H23N3O4/c1-14-17(18(21-27-14)15-6-3-2-4-7-15)20(25)23-11-9-22(10-12-23)19(24)16-8-5-13-26-16/h2-4,6-7,16H,5,8-13H2,1H3/t16-/m0/s1. The zero-order valence-electron chi connectivity index (χ0n) is 15.4. The topological polar surface area (TPSA) is 75.9 Å². The molecular weight excluding hydrogens is 346 g/mol. The lowest BCUT2D eigenvalue weighted by Gasteiger charge is -2.35. The van der Waals surface area contributed by atoms with Crippen molar-refractivity contribution < 1.29 is 18.8 Å². The fourth-order valence-electron chi connectivity index (χ4n) is 3.68. The van der Waals surface area contributed by atoms with Gasteiger partial charge < -0.3 is 19.1 Å². The van der Waals surface area contributed by atoms with Gasteiger partial charge in [0.25, 0.3) is 11.8 Å². The molecule has 2 saturated heterocycles. The van der Waals surface area contributed by atoms with E-state index in [1.54, 1.807) is 16.7 Å². The van der Waals surface area contributed by atoms with Crippen LogP contribution in [0.1, 0.15) is 29.0 Å². The quantitative estimate of drug-likeness (QED) is 0.828. The monoisotopic (exact) mass is 369 g/mol. The van der Waals surface area contributed by atoms with Gasteiger partial charge in [-0.15, -0.1) is 0 Å². The van der Waals surface area contributed by atoms with E-state index in [4.69, 9.17) is 9.26 Å². The normalized spacial score (nSPS) is 20.1. The summed E-state index contributed by atoms with van der Waals surface area (Å²) in [6.45, 7) is 4.45. The molecule has 2 amide bonds. The van der Waals surface area contributed by atoms with Crippen molar-refractivity contribution in [2.24, 2.45) is 0 Å². The third-order valence-corrected chi connectivity index (χ3v) is 5.21. The van der Waals surface area contributed by atoms with Gasteiger partial charge in [0.05, 0.1) is 0 Å². The number of benzene rings is 1. The molecule has 0 N–H and O–H groups in total. The number of carbonyl (C=O) groups excluding carboxylic acids is 2. The first kappa shape index (κ1) is 17.7. The van der Waals surface area contributed by atoms with Gasteiger partial charge in [0, 0.05) is 38.3 Å². The van der Waals surface area contributed by atoms with E-state index in [9.17, 15) is 9.59 Å². The van der Waals surface area contributed by atoms with E-state index in [-0.39, 0.29) is 17.9 Å². The molecule has 0 bridgehead atoms. The Hall–Kier alpha value is -2.67. The fraction of sp³-hybridized carbons (Fsp3) is 0.450. The molecule has 2 aliphatic heterocycles. The van der Waals surface area contributed by atoms with Crippen LogP contribution in [0.25, 0.3) is 11.3 Å². The van der Waals surface area contributed by atoms with Gasteiger partial charge in [-0.1, -0.05) is 35.5 Å². The van der Waals surface area contributed by atoms with E-state index < -0.39 is 0 Å². The molecule has 7 nitrogen and oxygen atoms in total. The minimum Gasteiger partial charge on any atom is -0.368 e. The van der Waals surface area contributed by atoms with Crippen molar-refractivity contribution in [3.63, 3.8) is 0 Å². The first-order chi connectivity index (χ1) is 13.1. The summed E-state index contributed by atoms with van der Waals surface area (Å²) in [6.07, 6.45) is 1.42. The third kappa shape index (κ3) is 3.47. The summed E-state index contributed by atoms with van der Waals surface area (Å²) in [6, 6.07) is 9.55. The predicted molar refractivity (Wildman–Crippen MR) is 98.1 cm³/mol. The number of hydrogen-bond acceptors (Lipinski definition) is 5. The minimum atomic E-state index is -0.308. The molecule has 0 radical (unpaired) electrons. The third-order valence-electron chi connectivity index (χ3n) is 5.21. The van der Waals surface area contributed by atoms with Gasteiger partial charge in [0.1, 0.15) is 23.1 Å². The Morgan fingerprint density at radius 2 is 1.78 bits per heavy atom. The highest BCUT2D eigenvalue weighted by atomic mass is 16.5. The number of hydrogen-bond donors (Lipinski definition) is 0. The van der Waals surface area contributed by atoms with E-state index in [2.05, 4.69) is 5.16 Å². The van der Waals surface area contributed by atoms with Crippen LogP contribution in [0.15, 0.2) is 34.9 Å². The van der Waals surface area contributed by atoms with Crippen LogP contribution in [0.3, 0.4) is 0 Å². The maximum Gasteiger partial charge on any atom is 0.259 e. The van der Waals surface area contributed by atoms with Crippen molar-refractivity contribution in [3.8, 4) is 11.3 Å². The SMILES string of the molecule is Cc1onc(-c2ccccc2)c1C(=O)N1CCN(C(=O)[C@@H]2CCCO2)CC1. The molecule has 1 atom stereocenters. The van der Waals surface area contributed by atoms with Crippen molar-refractivity contribution in [1.82, 2.24) is 15.0 Å². The molecule has 3 heterocycles. The number of aromatic nitrogens is 1. The first-order valence-electron chi connectivity index (χ1n) is 9.36. The molecule has 2 aliphatic rings.